The molecule has 1 aromatic heterocycles. The molecule has 7 heteroatoms. The van der Waals surface area contributed by atoms with E-state index >= 15 is 0 Å². The summed E-state index contributed by atoms with van der Waals surface area (Å²) in [5.74, 6) is 0. The summed E-state index contributed by atoms with van der Waals surface area (Å²) in [6, 6.07) is 6.18. The maximum Gasteiger partial charge on any atom is 0.261 e. The number of aromatic nitrogens is 2. The Morgan fingerprint density at radius 1 is 1.20 bits per heavy atom. The van der Waals surface area contributed by atoms with Crippen LogP contribution in [0.25, 0.3) is 10.6 Å². The zero-order valence-electron chi connectivity index (χ0n) is 7.29. The summed E-state index contributed by atoms with van der Waals surface area (Å²) < 4.78 is 21.9. The lowest BCUT2D eigenvalue weighted by atomic mass is 10.2. The molecule has 4 nitrogen and oxygen atoms in total. The van der Waals surface area contributed by atoms with Crippen molar-refractivity contribution in [3.8, 4) is 10.6 Å². The molecule has 0 spiro atoms. The molecule has 0 bridgehead atoms. The Kier molecular flexibility index (Phi) is 2.72. The molecule has 0 radical (unpaired) electrons. The quantitative estimate of drug-likeness (QED) is 0.776. The largest absolute Gasteiger partial charge is 0.261 e. The third-order valence-corrected chi connectivity index (χ3v) is 3.85. The van der Waals surface area contributed by atoms with E-state index in [-0.39, 0.29) is 4.90 Å². The number of halogens is 1. The Hall–Kier alpha value is -0.980. The second-order valence-corrected chi connectivity index (χ2v) is 6.11. The Balaban J connectivity index is 2.42. The van der Waals surface area contributed by atoms with Crippen LogP contribution in [0.15, 0.2) is 34.7 Å². The highest BCUT2D eigenvalue weighted by atomic mass is 35.7. The lowest BCUT2D eigenvalue weighted by Gasteiger charge is -1.97. The van der Waals surface area contributed by atoms with E-state index in [0.29, 0.717) is 0 Å². The summed E-state index contributed by atoms with van der Waals surface area (Å²) in [5.41, 5.74) is 2.43. The van der Waals surface area contributed by atoms with Crippen LogP contribution in [0.2, 0.25) is 0 Å². The summed E-state index contributed by atoms with van der Waals surface area (Å²) in [6.45, 7) is 0. The first-order valence-corrected chi connectivity index (χ1v) is 7.07. The van der Waals surface area contributed by atoms with E-state index in [2.05, 4.69) is 10.2 Å². The van der Waals surface area contributed by atoms with Crippen LogP contribution in [0, 0.1) is 0 Å². The van der Waals surface area contributed by atoms with Crippen molar-refractivity contribution in [2.75, 3.05) is 0 Å². The van der Waals surface area contributed by atoms with E-state index in [1.54, 1.807) is 17.6 Å². The topological polar surface area (TPSA) is 59.9 Å². The molecule has 0 saturated heterocycles. The molecule has 0 N–H and O–H groups in total. The van der Waals surface area contributed by atoms with E-state index in [1.165, 1.54) is 23.5 Å². The fraction of sp³-hybridized carbons (Fsp3) is 0. The van der Waals surface area contributed by atoms with Crippen molar-refractivity contribution in [2.24, 2.45) is 0 Å². The molecule has 0 saturated carbocycles. The molecule has 0 fully saturated rings. The number of benzene rings is 1. The van der Waals surface area contributed by atoms with Crippen LogP contribution in [0.5, 0.6) is 0 Å². The molecular weight excluding hydrogens is 256 g/mol. The van der Waals surface area contributed by atoms with Gasteiger partial charge in [0.2, 0.25) is 0 Å². The minimum Gasteiger partial charge on any atom is -0.207 e. The molecule has 1 heterocycles. The van der Waals surface area contributed by atoms with Crippen LogP contribution in [0.4, 0.5) is 0 Å². The van der Waals surface area contributed by atoms with Gasteiger partial charge in [-0.05, 0) is 12.1 Å². The van der Waals surface area contributed by atoms with Gasteiger partial charge in [-0.25, -0.2) is 8.42 Å². The Labute approximate surface area is 95.0 Å². The lowest BCUT2D eigenvalue weighted by molar-refractivity contribution is 0.609. The minimum absolute atomic E-state index is 0.0810. The minimum atomic E-state index is -3.65. The predicted octanol–water partition coefficient (Wildman–Crippen LogP) is 2.13. The standard InChI is InChI=1S/C8H5ClN2O2S2/c9-15(12,13)7-3-1-6(2-4-7)8-11-10-5-14-8/h1-5H. The maximum absolute atomic E-state index is 11.0. The number of hydrogen-bond donors (Lipinski definition) is 0. The van der Waals surface area contributed by atoms with Crippen LogP contribution in [-0.2, 0) is 9.05 Å². The van der Waals surface area contributed by atoms with Crippen LogP contribution in [0.3, 0.4) is 0 Å². The molecular formula is C8H5ClN2O2S2. The van der Waals surface area contributed by atoms with E-state index < -0.39 is 9.05 Å². The van der Waals surface area contributed by atoms with Gasteiger partial charge in [-0.1, -0.05) is 23.5 Å². The van der Waals surface area contributed by atoms with Gasteiger partial charge < -0.3 is 0 Å². The van der Waals surface area contributed by atoms with Crippen LogP contribution < -0.4 is 0 Å². The van der Waals surface area contributed by atoms with Crippen molar-refractivity contribution in [1.29, 1.82) is 0 Å². The fourth-order valence-electron chi connectivity index (χ4n) is 1.06. The summed E-state index contributed by atoms with van der Waals surface area (Å²) in [6.07, 6.45) is 0. The van der Waals surface area contributed by atoms with Gasteiger partial charge in [0.05, 0.1) is 4.90 Å². The SMILES string of the molecule is O=S(=O)(Cl)c1ccc(-c2nncs2)cc1. The molecule has 0 atom stereocenters. The number of rotatable bonds is 2. The summed E-state index contributed by atoms with van der Waals surface area (Å²) in [7, 11) is 1.53. The fourth-order valence-corrected chi connectivity index (χ4v) is 2.39. The zero-order valence-corrected chi connectivity index (χ0v) is 9.68. The van der Waals surface area contributed by atoms with Gasteiger partial charge >= 0.3 is 0 Å². The van der Waals surface area contributed by atoms with Crippen molar-refractivity contribution < 1.29 is 8.42 Å². The van der Waals surface area contributed by atoms with Gasteiger partial charge in [0.1, 0.15) is 10.5 Å². The highest BCUT2D eigenvalue weighted by Gasteiger charge is 2.10. The van der Waals surface area contributed by atoms with Gasteiger partial charge in [0, 0.05) is 16.2 Å². The lowest BCUT2D eigenvalue weighted by Crippen LogP contribution is -1.89. The molecule has 0 aliphatic carbocycles. The van der Waals surface area contributed by atoms with Crippen molar-refractivity contribution in [1.82, 2.24) is 10.2 Å². The predicted molar refractivity (Wildman–Crippen MR) is 58.4 cm³/mol. The second-order valence-electron chi connectivity index (χ2n) is 2.71. The van der Waals surface area contributed by atoms with E-state index in [9.17, 15) is 8.42 Å². The molecule has 78 valence electrons. The average Bonchev–Trinajstić information content (AvgIpc) is 2.69. The number of hydrogen-bond acceptors (Lipinski definition) is 5. The molecule has 0 unspecified atom stereocenters. The summed E-state index contributed by atoms with van der Waals surface area (Å²) >= 11 is 1.38. The van der Waals surface area contributed by atoms with E-state index in [4.69, 9.17) is 10.7 Å². The van der Waals surface area contributed by atoms with Gasteiger partial charge in [0.15, 0.2) is 0 Å². The summed E-state index contributed by atoms with van der Waals surface area (Å²) in [5, 5.41) is 8.30. The van der Waals surface area contributed by atoms with E-state index in [0.717, 1.165) is 10.6 Å². The van der Waals surface area contributed by atoms with Crippen molar-refractivity contribution in [2.45, 2.75) is 4.90 Å². The molecule has 0 amide bonds. The Bertz CT molecular complexity index is 549. The molecule has 0 aliphatic rings. The smallest absolute Gasteiger partial charge is 0.207 e. The third kappa shape index (κ3) is 2.34. The summed E-state index contributed by atoms with van der Waals surface area (Å²) in [4.78, 5) is 0.0810. The first-order valence-electron chi connectivity index (χ1n) is 3.88. The molecule has 2 rings (SSSR count). The molecule has 0 aliphatic heterocycles. The van der Waals surface area contributed by atoms with Crippen LogP contribution in [-0.4, -0.2) is 18.6 Å². The van der Waals surface area contributed by atoms with E-state index in [1.807, 2.05) is 0 Å². The van der Waals surface area contributed by atoms with Gasteiger partial charge in [-0.3, -0.25) is 0 Å². The Morgan fingerprint density at radius 2 is 1.87 bits per heavy atom. The van der Waals surface area contributed by atoms with Crippen LogP contribution in [0.1, 0.15) is 0 Å². The maximum atomic E-state index is 11.0. The van der Waals surface area contributed by atoms with Crippen LogP contribution >= 0.6 is 22.0 Å². The monoisotopic (exact) mass is 260 g/mol. The third-order valence-electron chi connectivity index (χ3n) is 1.74. The van der Waals surface area contributed by atoms with Gasteiger partial charge in [-0.15, -0.1) is 10.2 Å². The zero-order chi connectivity index (χ0) is 10.9. The average molecular weight is 261 g/mol. The first kappa shape index (κ1) is 10.5. The highest BCUT2D eigenvalue weighted by Crippen LogP contribution is 2.23. The van der Waals surface area contributed by atoms with Crippen molar-refractivity contribution in [3.05, 3.63) is 29.8 Å². The van der Waals surface area contributed by atoms with Crippen molar-refractivity contribution >= 4 is 31.1 Å². The molecule has 15 heavy (non-hydrogen) atoms. The van der Waals surface area contributed by atoms with Gasteiger partial charge in [0.25, 0.3) is 9.05 Å². The normalized spacial score (nSPS) is 11.5. The number of nitrogens with zero attached hydrogens (tertiary/aromatic N) is 2. The molecule has 2 aromatic rings. The van der Waals surface area contributed by atoms with Crippen molar-refractivity contribution in [3.63, 3.8) is 0 Å². The Morgan fingerprint density at radius 3 is 2.33 bits per heavy atom. The second kappa shape index (κ2) is 3.88. The molecule has 1 aromatic carbocycles. The first-order chi connectivity index (χ1) is 7.07. The highest BCUT2D eigenvalue weighted by molar-refractivity contribution is 8.13. The van der Waals surface area contributed by atoms with Gasteiger partial charge in [-0.2, -0.15) is 0 Å².